The van der Waals surface area contributed by atoms with Crippen LogP contribution >= 0.6 is 0 Å². The zero-order valence-corrected chi connectivity index (χ0v) is 12.3. The number of carbonyl (C=O) groups excluding carboxylic acids is 2. The van der Waals surface area contributed by atoms with Gasteiger partial charge in [-0.15, -0.1) is 0 Å². The maximum absolute atomic E-state index is 12.1. The highest BCUT2D eigenvalue weighted by Gasteiger charge is 2.46. The van der Waals surface area contributed by atoms with Crippen molar-refractivity contribution in [3.05, 3.63) is 12.3 Å². The van der Waals surface area contributed by atoms with Crippen molar-refractivity contribution in [2.75, 3.05) is 42.7 Å². The average Bonchev–Trinajstić information content (AvgIpc) is 2.91. The highest BCUT2D eigenvalue weighted by Crippen LogP contribution is 2.38. The first kappa shape index (κ1) is 14.2. The molecule has 0 unspecified atom stereocenters. The molecule has 0 bridgehead atoms. The number of aromatic nitrogens is 1. The number of anilines is 2. The Kier molecular flexibility index (Phi) is 3.31. The summed E-state index contributed by atoms with van der Waals surface area (Å²) < 4.78 is 16.1. The quantitative estimate of drug-likeness (QED) is 0.782. The van der Waals surface area contributed by atoms with Crippen LogP contribution in [0.3, 0.4) is 0 Å². The van der Waals surface area contributed by atoms with Crippen LogP contribution < -0.4 is 20.3 Å². The highest BCUT2D eigenvalue weighted by atomic mass is 16.6. The number of pyridine rings is 1. The summed E-state index contributed by atoms with van der Waals surface area (Å²) in [5, 5.41) is 0. The standard InChI is InChI=1S/C14H16N4O5/c15-4-11-9-6-22-10-3-8(17-1-2-21-7-12(17)19)5-16-13(10)18(9)14(20)23-11/h3,5,9,11H,1-2,4,6-7,15H2/t9-,11-/m0/s1. The van der Waals surface area contributed by atoms with Gasteiger partial charge in [0.05, 0.1) is 18.5 Å². The van der Waals surface area contributed by atoms with E-state index in [4.69, 9.17) is 19.9 Å². The van der Waals surface area contributed by atoms with Gasteiger partial charge in [-0.05, 0) is 0 Å². The van der Waals surface area contributed by atoms with Gasteiger partial charge < -0.3 is 24.8 Å². The molecular weight excluding hydrogens is 304 g/mol. The van der Waals surface area contributed by atoms with Gasteiger partial charge in [0.15, 0.2) is 11.6 Å². The molecule has 0 spiro atoms. The fraction of sp³-hybridized carbons (Fsp3) is 0.500. The van der Waals surface area contributed by atoms with E-state index in [0.29, 0.717) is 30.4 Å². The lowest BCUT2D eigenvalue weighted by molar-refractivity contribution is -0.125. The Hall–Kier alpha value is -2.39. The molecule has 4 rings (SSSR count). The zero-order valence-electron chi connectivity index (χ0n) is 12.3. The topological polar surface area (TPSA) is 107 Å². The minimum atomic E-state index is -0.474. The molecule has 23 heavy (non-hydrogen) atoms. The normalized spacial score (nSPS) is 26.5. The summed E-state index contributed by atoms with van der Waals surface area (Å²) in [7, 11) is 0. The fourth-order valence-electron chi connectivity index (χ4n) is 3.03. The lowest BCUT2D eigenvalue weighted by Crippen LogP contribution is -2.47. The molecule has 3 aliphatic heterocycles. The molecule has 0 radical (unpaired) electrons. The molecule has 0 saturated carbocycles. The molecule has 1 aromatic heterocycles. The van der Waals surface area contributed by atoms with Crippen molar-refractivity contribution in [1.82, 2.24) is 4.98 Å². The van der Waals surface area contributed by atoms with Crippen molar-refractivity contribution in [1.29, 1.82) is 0 Å². The molecule has 0 aromatic carbocycles. The Morgan fingerprint density at radius 1 is 1.39 bits per heavy atom. The van der Waals surface area contributed by atoms with E-state index < -0.39 is 12.2 Å². The number of fused-ring (bicyclic) bond motifs is 3. The molecule has 4 heterocycles. The van der Waals surface area contributed by atoms with Gasteiger partial charge in [0.1, 0.15) is 25.4 Å². The largest absolute Gasteiger partial charge is 0.487 e. The Morgan fingerprint density at radius 3 is 3.04 bits per heavy atom. The Balaban J connectivity index is 1.66. The molecule has 9 nitrogen and oxygen atoms in total. The molecule has 122 valence electrons. The van der Waals surface area contributed by atoms with Crippen molar-refractivity contribution < 1.29 is 23.8 Å². The van der Waals surface area contributed by atoms with E-state index in [1.165, 1.54) is 4.90 Å². The van der Waals surface area contributed by atoms with Crippen molar-refractivity contribution in [3.63, 3.8) is 0 Å². The van der Waals surface area contributed by atoms with Crippen molar-refractivity contribution >= 4 is 23.5 Å². The summed E-state index contributed by atoms with van der Waals surface area (Å²) in [6.07, 6.45) is 0.673. The SMILES string of the molecule is NC[C@@H]1OC(=O)N2c3ncc(N4CCOCC4=O)cc3OC[C@@H]12. The van der Waals surface area contributed by atoms with Crippen LogP contribution in [0, 0.1) is 0 Å². The van der Waals surface area contributed by atoms with Crippen LogP contribution in [0.1, 0.15) is 0 Å². The molecule has 2 atom stereocenters. The number of ether oxygens (including phenoxy) is 3. The number of rotatable bonds is 2. The number of cyclic esters (lactones) is 1. The lowest BCUT2D eigenvalue weighted by atomic mass is 10.1. The van der Waals surface area contributed by atoms with Gasteiger partial charge in [-0.25, -0.2) is 14.7 Å². The summed E-state index contributed by atoms with van der Waals surface area (Å²) in [5.41, 5.74) is 6.25. The van der Waals surface area contributed by atoms with Crippen molar-refractivity contribution in [2.24, 2.45) is 5.73 Å². The Morgan fingerprint density at radius 2 is 2.26 bits per heavy atom. The smallest absolute Gasteiger partial charge is 0.416 e. The molecule has 9 heteroatoms. The Bertz CT molecular complexity index is 667. The van der Waals surface area contributed by atoms with Gasteiger partial charge >= 0.3 is 6.09 Å². The number of nitrogens with zero attached hydrogens (tertiary/aromatic N) is 3. The maximum Gasteiger partial charge on any atom is 0.416 e. The number of hydrogen-bond acceptors (Lipinski definition) is 7. The second-order valence-corrected chi connectivity index (χ2v) is 5.52. The van der Waals surface area contributed by atoms with Crippen LogP contribution in [0.4, 0.5) is 16.3 Å². The summed E-state index contributed by atoms with van der Waals surface area (Å²) >= 11 is 0. The molecule has 3 aliphatic rings. The monoisotopic (exact) mass is 320 g/mol. The first-order valence-corrected chi connectivity index (χ1v) is 7.40. The Labute approximate surface area is 131 Å². The van der Waals surface area contributed by atoms with Gasteiger partial charge in [-0.2, -0.15) is 0 Å². The van der Waals surface area contributed by atoms with E-state index in [2.05, 4.69) is 4.98 Å². The second-order valence-electron chi connectivity index (χ2n) is 5.52. The van der Waals surface area contributed by atoms with E-state index >= 15 is 0 Å². The van der Waals surface area contributed by atoms with Crippen LogP contribution in [-0.2, 0) is 14.3 Å². The van der Waals surface area contributed by atoms with Gasteiger partial charge in [-0.1, -0.05) is 0 Å². The molecule has 2 saturated heterocycles. The van der Waals surface area contributed by atoms with Crippen LogP contribution in [0.2, 0.25) is 0 Å². The second kappa shape index (κ2) is 5.36. The zero-order chi connectivity index (χ0) is 16.0. The highest BCUT2D eigenvalue weighted by molar-refractivity contribution is 5.96. The average molecular weight is 320 g/mol. The van der Waals surface area contributed by atoms with E-state index in [1.807, 2.05) is 0 Å². The summed E-state index contributed by atoms with van der Waals surface area (Å²) in [6.45, 7) is 1.50. The predicted octanol–water partition coefficient (Wildman–Crippen LogP) is -0.510. The molecular formula is C14H16N4O5. The van der Waals surface area contributed by atoms with Crippen molar-refractivity contribution in [2.45, 2.75) is 12.1 Å². The number of hydrogen-bond donors (Lipinski definition) is 1. The molecule has 1 aromatic rings. The third kappa shape index (κ3) is 2.20. The molecule has 0 aliphatic carbocycles. The van der Waals surface area contributed by atoms with E-state index in [-0.39, 0.29) is 31.7 Å². The van der Waals surface area contributed by atoms with E-state index in [9.17, 15) is 9.59 Å². The third-order valence-electron chi connectivity index (χ3n) is 4.20. The van der Waals surface area contributed by atoms with Gasteiger partial charge in [0, 0.05) is 19.2 Å². The van der Waals surface area contributed by atoms with Crippen molar-refractivity contribution in [3.8, 4) is 5.75 Å². The number of amides is 2. The predicted molar refractivity (Wildman–Crippen MR) is 78.5 cm³/mol. The molecule has 2 fully saturated rings. The minimum Gasteiger partial charge on any atom is -0.487 e. The first-order valence-electron chi connectivity index (χ1n) is 7.40. The number of carbonyl (C=O) groups is 2. The molecule has 2 N–H and O–H groups in total. The number of nitrogens with two attached hydrogens (primary N) is 1. The summed E-state index contributed by atoms with van der Waals surface area (Å²) in [5.74, 6) is 0.717. The van der Waals surface area contributed by atoms with Crippen LogP contribution in [0.5, 0.6) is 5.75 Å². The van der Waals surface area contributed by atoms with E-state index in [1.54, 1.807) is 17.2 Å². The molecule has 2 amide bonds. The van der Waals surface area contributed by atoms with E-state index in [0.717, 1.165) is 0 Å². The van der Waals surface area contributed by atoms with Crippen LogP contribution in [0.15, 0.2) is 12.3 Å². The lowest BCUT2D eigenvalue weighted by Gasteiger charge is -2.32. The van der Waals surface area contributed by atoms with Crippen LogP contribution in [0.25, 0.3) is 0 Å². The van der Waals surface area contributed by atoms with Gasteiger partial charge in [0.25, 0.3) is 5.91 Å². The number of morpholine rings is 1. The van der Waals surface area contributed by atoms with Crippen LogP contribution in [-0.4, -0.2) is 62.0 Å². The van der Waals surface area contributed by atoms with Gasteiger partial charge in [0.2, 0.25) is 0 Å². The third-order valence-corrected chi connectivity index (χ3v) is 4.20. The first-order chi connectivity index (χ1) is 11.2. The summed E-state index contributed by atoms with van der Waals surface area (Å²) in [6, 6.07) is 1.44. The minimum absolute atomic E-state index is 0.0522. The fourth-order valence-corrected chi connectivity index (χ4v) is 3.03. The maximum atomic E-state index is 12.1. The van der Waals surface area contributed by atoms with Gasteiger partial charge in [-0.3, -0.25) is 4.79 Å². The summed E-state index contributed by atoms with van der Waals surface area (Å²) in [4.78, 5) is 31.3.